The lowest BCUT2D eigenvalue weighted by molar-refractivity contribution is 0.0963. The van der Waals surface area contributed by atoms with Gasteiger partial charge in [-0.15, -0.1) is 0 Å². The van der Waals surface area contributed by atoms with Crippen LogP contribution in [0.4, 0.5) is 10.5 Å². The number of carbonyl (C=O) groups excluding carboxylic acids is 2. The fourth-order valence-electron chi connectivity index (χ4n) is 2.99. The Bertz CT molecular complexity index is 713. The minimum atomic E-state index is -0.141. The van der Waals surface area contributed by atoms with Crippen molar-refractivity contribution in [2.24, 2.45) is 0 Å². The Morgan fingerprint density at radius 3 is 2.42 bits per heavy atom. The number of carbonyl (C=O) groups is 2. The molecule has 3 amide bonds. The van der Waals surface area contributed by atoms with Gasteiger partial charge in [-0.2, -0.15) is 0 Å². The maximum Gasteiger partial charge on any atom is 0.321 e. The molecular weight excluding hydrogens is 302 g/mol. The van der Waals surface area contributed by atoms with Crippen LogP contribution in [0.1, 0.15) is 28.3 Å². The summed E-state index contributed by atoms with van der Waals surface area (Å²) >= 11 is 0. The van der Waals surface area contributed by atoms with E-state index in [2.05, 4.69) is 22.8 Å². The Morgan fingerprint density at radius 1 is 1.04 bits per heavy atom. The van der Waals surface area contributed by atoms with Crippen LogP contribution in [0.15, 0.2) is 54.6 Å². The number of urea groups is 1. The van der Waals surface area contributed by atoms with E-state index in [0.717, 1.165) is 19.5 Å². The molecule has 0 spiro atoms. The molecule has 0 aliphatic carbocycles. The minimum Gasteiger partial charge on any atom is -0.355 e. The lowest BCUT2D eigenvalue weighted by atomic mass is 9.99. The number of nitrogens with one attached hydrogen (secondary N) is 2. The second-order valence-corrected chi connectivity index (χ2v) is 5.93. The Morgan fingerprint density at radius 2 is 1.75 bits per heavy atom. The molecule has 5 heteroatoms. The second kappa shape index (κ2) is 7.17. The molecular formula is C19H21N3O2. The van der Waals surface area contributed by atoms with Gasteiger partial charge in [0.05, 0.1) is 0 Å². The summed E-state index contributed by atoms with van der Waals surface area (Å²) in [6, 6.07) is 17.1. The summed E-state index contributed by atoms with van der Waals surface area (Å²) in [6.07, 6.45) is 0.979. The SMILES string of the molecule is CNC(=O)c1ccc(NC(=O)N2CCC(c3ccccc3)C2)cc1. The van der Waals surface area contributed by atoms with Gasteiger partial charge >= 0.3 is 6.03 Å². The third kappa shape index (κ3) is 3.56. The van der Waals surface area contributed by atoms with Crippen LogP contribution in [0.25, 0.3) is 0 Å². The van der Waals surface area contributed by atoms with Gasteiger partial charge in [0, 0.05) is 37.3 Å². The molecule has 2 N–H and O–H groups in total. The molecule has 1 aliphatic heterocycles. The Hall–Kier alpha value is -2.82. The Labute approximate surface area is 141 Å². The maximum absolute atomic E-state index is 12.4. The number of hydrogen-bond acceptors (Lipinski definition) is 2. The summed E-state index contributed by atoms with van der Waals surface area (Å²) in [5.74, 6) is 0.255. The summed E-state index contributed by atoms with van der Waals surface area (Å²) in [5.41, 5.74) is 2.54. The van der Waals surface area contributed by atoms with Crippen LogP contribution in [0.2, 0.25) is 0 Å². The summed E-state index contributed by atoms with van der Waals surface area (Å²) in [6.45, 7) is 1.48. The predicted molar refractivity (Wildman–Crippen MR) is 94.2 cm³/mol. The molecule has 3 rings (SSSR count). The van der Waals surface area contributed by atoms with E-state index in [1.165, 1.54) is 5.56 Å². The molecule has 1 fully saturated rings. The molecule has 1 unspecified atom stereocenters. The number of amides is 3. The largest absolute Gasteiger partial charge is 0.355 e. The average molecular weight is 323 g/mol. The molecule has 2 aromatic carbocycles. The smallest absolute Gasteiger partial charge is 0.321 e. The summed E-state index contributed by atoms with van der Waals surface area (Å²) in [5, 5.41) is 5.47. The quantitative estimate of drug-likeness (QED) is 0.912. The molecule has 124 valence electrons. The van der Waals surface area contributed by atoms with E-state index in [1.54, 1.807) is 31.3 Å². The van der Waals surface area contributed by atoms with E-state index in [-0.39, 0.29) is 11.9 Å². The molecule has 2 aromatic rings. The van der Waals surface area contributed by atoms with Crippen LogP contribution in [0, 0.1) is 0 Å². The minimum absolute atomic E-state index is 0.0962. The van der Waals surface area contributed by atoms with E-state index in [0.29, 0.717) is 17.2 Å². The molecule has 5 nitrogen and oxygen atoms in total. The van der Waals surface area contributed by atoms with E-state index < -0.39 is 0 Å². The van der Waals surface area contributed by atoms with E-state index in [1.807, 2.05) is 23.1 Å². The fraction of sp³-hybridized carbons (Fsp3) is 0.263. The van der Waals surface area contributed by atoms with Crippen molar-refractivity contribution in [1.29, 1.82) is 0 Å². The monoisotopic (exact) mass is 323 g/mol. The van der Waals surface area contributed by atoms with Crippen molar-refractivity contribution in [2.75, 3.05) is 25.5 Å². The van der Waals surface area contributed by atoms with Crippen molar-refractivity contribution in [3.8, 4) is 0 Å². The topological polar surface area (TPSA) is 61.4 Å². The normalized spacial score (nSPS) is 16.7. The standard InChI is InChI=1S/C19H21N3O2/c1-20-18(23)15-7-9-17(10-8-15)21-19(24)22-12-11-16(13-22)14-5-3-2-4-6-14/h2-10,16H,11-13H2,1H3,(H,20,23)(H,21,24). The first kappa shape index (κ1) is 16.1. The lowest BCUT2D eigenvalue weighted by Crippen LogP contribution is -2.32. The zero-order valence-electron chi connectivity index (χ0n) is 13.7. The van der Waals surface area contributed by atoms with Gasteiger partial charge in [-0.1, -0.05) is 30.3 Å². The van der Waals surface area contributed by atoms with E-state index >= 15 is 0 Å². The van der Waals surface area contributed by atoms with Crippen LogP contribution in [-0.4, -0.2) is 37.0 Å². The lowest BCUT2D eigenvalue weighted by Gasteiger charge is -2.17. The number of benzene rings is 2. The number of nitrogens with zero attached hydrogens (tertiary/aromatic N) is 1. The van der Waals surface area contributed by atoms with Gasteiger partial charge in [-0.3, -0.25) is 4.79 Å². The molecule has 0 aromatic heterocycles. The first-order chi connectivity index (χ1) is 11.7. The van der Waals surface area contributed by atoms with Crippen LogP contribution in [-0.2, 0) is 0 Å². The first-order valence-electron chi connectivity index (χ1n) is 8.10. The van der Waals surface area contributed by atoms with Gasteiger partial charge in [0.1, 0.15) is 0 Å². The van der Waals surface area contributed by atoms with Gasteiger partial charge in [-0.05, 0) is 36.2 Å². The highest BCUT2D eigenvalue weighted by Gasteiger charge is 2.27. The third-order valence-corrected chi connectivity index (χ3v) is 4.37. The summed E-state index contributed by atoms with van der Waals surface area (Å²) in [7, 11) is 1.59. The Kier molecular flexibility index (Phi) is 4.79. The van der Waals surface area contributed by atoms with Gasteiger partial charge in [0.15, 0.2) is 0 Å². The molecule has 0 saturated carbocycles. The van der Waals surface area contributed by atoms with Gasteiger partial charge in [0.2, 0.25) is 0 Å². The number of rotatable bonds is 3. The first-order valence-corrected chi connectivity index (χ1v) is 8.10. The van der Waals surface area contributed by atoms with Crippen molar-refractivity contribution >= 4 is 17.6 Å². The van der Waals surface area contributed by atoms with Crippen molar-refractivity contribution in [2.45, 2.75) is 12.3 Å². The molecule has 0 radical (unpaired) electrons. The highest BCUT2D eigenvalue weighted by atomic mass is 16.2. The van der Waals surface area contributed by atoms with Crippen molar-refractivity contribution < 1.29 is 9.59 Å². The average Bonchev–Trinajstić information content (AvgIpc) is 3.13. The zero-order valence-corrected chi connectivity index (χ0v) is 13.7. The number of hydrogen-bond donors (Lipinski definition) is 2. The van der Waals surface area contributed by atoms with Crippen LogP contribution < -0.4 is 10.6 Å². The molecule has 1 aliphatic rings. The molecule has 24 heavy (non-hydrogen) atoms. The fourth-order valence-corrected chi connectivity index (χ4v) is 2.99. The molecule has 0 bridgehead atoms. The maximum atomic E-state index is 12.4. The number of anilines is 1. The predicted octanol–water partition coefficient (Wildman–Crippen LogP) is 3.07. The molecule has 1 heterocycles. The number of likely N-dealkylation sites (tertiary alicyclic amines) is 1. The van der Waals surface area contributed by atoms with E-state index in [4.69, 9.17) is 0 Å². The van der Waals surface area contributed by atoms with Crippen LogP contribution in [0.3, 0.4) is 0 Å². The second-order valence-electron chi connectivity index (χ2n) is 5.93. The van der Waals surface area contributed by atoms with Crippen molar-refractivity contribution in [1.82, 2.24) is 10.2 Å². The zero-order chi connectivity index (χ0) is 16.9. The van der Waals surface area contributed by atoms with Gasteiger partial charge < -0.3 is 15.5 Å². The van der Waals surface area contributed by atoms with Gasteiger partial charge in [0.25, 0.3) is 5.91 Å². The van der Waals surface area contributed by atoms with Crippen molar-refractivity contribution in [3.63, 3.8) is 0 Å². The molecule has 1 saturated heterocycles. The van der Waals surface area contributed by atoms with Crippen molar-refractivity contribution in [3.05, 3.63) is 65.7 Å². The van der Waals surface area contributed by atoms with Crippen LogP contribution >= 0.6 is 0 Å². The highest BCUT2D eigenvalue weighted by Crippen LogP contribution is 2.27. The highest BCUT2D eigenvalue weighted by molar-refractivity contribution is 5.95. The third-order valence-electron chi connectivity index (χ3n) is 4.37. The molecule has 1 atom stereocenters. The van der Waals surface area contributed by atoms with Crippen LogP contribution in [0.5, 0.6) is 0 Å². The summed E-state index contributed by atoms with van der Waals surface area (Å²) in [4.78, 5) is 25.8. The van der Waals surface area contributed by atoms with Gasteiger partial charge in [-0.25, -0.2) is 4.79 Å². The Balaban J connectivity index is 1.59. The summed E-state index contributed by atoms with van der Waals surface area (Å²) < 4.78 is 0. The van der Waals surface area contributed by atoms with E-state index in [9.17, 15) is 9.59 Å².